The van der Waals surface area contributed by atoms with Crippen LogP contribution in [-0.2, 0) is 0 Å². The zero-order valence-corrected chi connectivity index (χ0v) is 13.5. The number of aromatic amines is 2. The van der Waals surface area contributed by atoms with Gasteiger partial charge in [-0.25, -0.2) is 4.79 Å². The zero-order chi connectivity index (χ0) is 14.2. The third-order valence-corrected chi connectivity index (χ3v) is 4.84. The number of halogens is 1. The lowest BCUT2D eigenvalue weighted by atomic mass is 9.79. The van der Waals surface area contributed by atoms with Crippen LogP contribution in [0.15, 0.2) is 23.0 Å². The molecule has 0 fully saturated rings. The summed E-state index contributed by atoms with van der Waals surface area (Å²) in [4.78, 5) is 17.1. The average Bonchev–Trinajstić information content (AvgIpc) is 2.66. The van der Waals surface area contributed by atoms with E-state index in [2.05, 4.69) is 59.7 Å². The van der Waals surface area contributed by atoms with Gasteiger partial charge in [-0.3, -0.25) is 0 Å². The molecule has 2 rings (SSSR count). The van der Waals surface area contributed by atoms with E-state index in [9.17, 15) is 4.79 Å². The summed E-state index contributed by atoms with van der Waals surface area (Å²) in [6, 6.07) is 6.07. The maximum atomic E-state index is 11.3. The van der Waals surface area contributed by atoms with Crippen LogP contribution in [0.5, 0.6) is 0 Å². The summed E-state index contributed by atoms with van der Waals surface area (Å²) in [7, 11) is 0. The van der Waals surface area contributed by atoms with E-state index in [-0.39, 0.29) is 5.69 Å². The Balaban J connectivity index is 2.21. The predicted molar refractivity (Wildman–Crippen MR) is 83.8 cm³/mol. The van der Waals surface area contributed by atoms with Gasteiger partial charge in [0.15, 0.2) is 0 Å². The lowest BCUT2D eigenvalue weighted by Gasteiger charge is -2.29. The average molecular weight is 325 g/mol. The van der Waals surface area contributed by atoms with Crippen LogP contribution in [0.4, 0.5) is 0 Å². The van der Waals surface area contributed by atoms with E-state index in [1.165, 1.54) is 5.56 Å². The predicted octanol–water partition coefficient (Wildman–Crippen LogP) is 4.36. The molecule has 0 aliphatic rings. The normalized spacial score (nSPS) is 15.6. The van der Waals surface area contributed by atoms with Gasteiger partial charge in [0.25, 0.3) is 0 Å². The number of nitrogens with one attached hydrogen (secondary N) is 2. The van der Waals surface area contributed by atoms with Crippen molar-refractivity contribution in [3.63, 3.8) is 0 Å². The van der Waals surface area contributed by atoms with Crippen molar-refractivity contribution in [1.82, 2.24) is 9.97 Å². The molecule has 1 heterocycles. The number of benzene rings is 1. The molecule has 0 radical (unpaired) electrons. The van der Waals surface area contributed by atoms with Crippen LogP contribution in [0.3, 0.4) is 0 Å². The van der Waals surface area contributed by atoms with Gasteiger partial charge >= 0.3 is 5.69 Å². The first kappa shape index (κ1) is 14.4. The summed E-state index contributed by atoms with van der Waals surface area (Å²) in [5.41, 5.74) is 3.09. The summed E-state index contributed by atoms with van der Waals surface area (Å²) in [5, 5.41) is 0. The van der Waals surface area contributed by atoms with Gasteiger partial charge in [0, 0.05) is 4.83 Å². The smallest absolute Gasteiger partial charge is 0.306 e. The largest absolute Gasteiger partial charge is 0.323 e. The molecule has 2 atom stereocenters. The van der Waals surface area contributed by atoms with E-state index >= 15 is 0 Å². The van der Waals surface area contributed by atoms with Gasteiger partial charge in [-0.15, -0.1) is 0 Å². The molecule has 0 aliphatic carbocycles. The molecule has 0 saturated carbocycles. The van der Waals surface area contributed by atoms with Crippen molar-refractivity contribution in [2.45, 2.75) is 38.9 Å². The highest BCUT2D eigenvalue weighted by molar-refractivity contribution is 9.09. The van der Waals surface area contributed by atoms with Crippen molar-refractivity contribution in [3.8, 4) is 0 Å². The minimum Gasteiger partial charge on any atom is -0.306 e. The van der Waals surface area contributed by atoms with Gasteiger partial charge in [0.2, 0.25) is 0 Å². The summed E-state index contributed by atoms with van der Waals surface area (Å²) >= 11 is 3.77. The standard InChI is InChI=1S/C15H21BrN2O/c1-9(15(2,3)4)7-11(16)10-5-6-12-13(8-10)18-14(19)17-12/h5-6,8-9,11H,7H2,1-4H3,(H2,17,18,19). The third kappa shape index (κ3) is 3.30. The van der Waals surface area contributed by atoms with E-state index in [0.717, 1.165) is 17.5 Å². The lowest BCUT2D eigenvalue weighted by Crippen LogP contribution is -2.18. The number of hydrogen-bond acceptors (Lipinski definition) is 1. The van der Waals surface area contributed by atoms with Gasteiger partial charge < -0.3 is 9.97 Å². The Hall–Kier alpha value is -1.03. The monoisotopic (exact) mass is 324 g/mol. The molecule has 4 heteroatoms. The maximum Gasteiger partial charge on any atom is 0.323 e. The lowest BCUT2D eigenvalue weighted by molar-refractivity contribution is 0.246. The first-order chi connectivity index (χ1) is 8.77. The second-order valence-electron chi connectivity index (χ2n) is 6.35. The first-order valence-electron chi connectivity index (χ1n) is 6.63. The fourth-order valence-electron chi connectivity index (χ4n) is 2.05. The van der Waals surface area contributed by atoms with Crippen LogP contribution < -0.4 is 5.69 Å². The number of H-pyrrole nitrogens is 2. The molecule has 104 valence electrons. The van der Waals surface area contributed by atoms with E-state index < -0.39 is 0 Å². The molecule has 1 aromatic heterocycles. The summed E-state index contributed by atoms with van der Waals surface area (Å²) in [6.07, 6.45) is 1.07. The summed E-state index contributed by atoms with van der Waals surface area (Å²) in [6.45, 7) is 9.09. The molecule has 0 saturated heterocycles. The Morgan fingerprint density at radius 3 is 2.47 bits per heavy atom. The van der Waals surface area contributed by atoms with Crippen LogP contribution in [-0.4, -0.2) is 9.97 Å². The molecular weight excluding hydrogens is 304 g/mol. The molecular formula is C15H21BrN2O. The Morgan fingerprint density at radius 2 is 1.84 bits per heavy atom. The highest BCUT2D eigenvalue weighted by Gasteiger charge is 2.23. The second kappa shape index (κ2) is 5.16. The molecule has 2 aromatic rings. The van der Waals surface area contributed by atoms with Crippen LogP contribution >= 0.6 is 15.9 Å². The molecule has 2 unspecified atom stereocenters. The van der Waals surface area contributed by atoms with E-state index in [0.29, 0.717) is 16.2 Å². The van der Waals surface area contributed by atoms with Crippen LogP contribution in [0, 0.1) is 11.3 Å². The van der Waals surface area contributed by atoms with Crippen molar-refractivity contribution >= 4 is 27.0 Å². The number of aromatic nitrogens is 2. The first-order valence-corrected chi connectivity index (χ1v) is 7.55. The van der Waals surface area contributed by atoms with Crippen LogP contribution in [0.25, 0.3) is 11.0 Å². The number of alkyl halides is 1. The molecule has 0 spiro atoms. The van der Waals surface area contributed by atoms with Gasteiger partial charge in [0.1, 0.15) is 0 Å². The highest BCUT2D eigenvalue weighted by Crippen LogP contribution is 2.37. The van der Waals surface area contributed by atoms with Gasteiger partial charge in [-0.05, 0) is 35.4 Å². The van der Waals surface area contributed by atoms with Gasteiger partial charge in [0.05, 0.1) is 11.0 Å². The minimum atomic E-state index is -0.152. The maximum absolute atomic E-state index is 11.3. The van der Waals surface area contributed by atoms with Crippen molar-refractivity contribution in [2.24, 2.45) is 11.3 Å². The SMILES string of the molecule is CC(CC(Br)c1ccc2[nH]c(=O)[nH]c2c1)C(C)(C)C. The highest BCUT2D eigenvalue weighted by atomic mass is 79.9. The van der Waals surface area contributed by atoms with E-state index in [4.69, 9.17) is 0 Å². The van der Waals surface area contributed by atoms with Crippen LogP contribution in [0.2, 0.25) is 0 Å². The minimum absolute atomic E-state index is 0.152. The van der Waals surface area contributed by atoms with Crippen molar-refractivity contribution in [1.29, 1.82) is 0 Å². The number of imidazole rings is 1. The Morgan fingerprint density at radius 1 is 1.21 bits per heavy atom. The molecule has 2 N–H and O–H groups in total. The second-order valence-corrected chi connectivity index (χ2v) is 7.46. The number of hydrogen-bond donors (Lipinski definition) is 2. The molecule has 0 aliphatic heterocycles. The molecule has 3 nitrogen and oxygen atoms in total. The van der Waals surface area contributed by atoms with Gasteiger partial charge in [-0.2, -0.15) is 0 Å². The number of rotatable bonds is 3. The summed E-state index contributed by atoms with van der Waals surface area (Å²) < 4.78 is 0. The molecule has 0 amide bonds. The fraction of sp³-hybridized carbons (Fsp3) is 0.533. The van der Waals surface area contributed by atoms with Gasteiger partial charge in [-0.1, -0.05) is 49.7 Å². The quantitative estimate of drug-likeness (QED) is 0.809. The van der Waals surface area contributed by atoms with Crippen molar-refractivity contribution in [3.05, 3.63) is 34.2 Å². The zero-order valence-electron chi connectivity index (χ0n) is 11.9. The molecule has 19 heavy (non-hydrogen) atoms. The van der Waals surface area contributed by atoms with Crippen molar-refractivity contribution < 1.29 is 0 Å². The molecule has 1 aromatic carbocycles. The third-order valence-electron chi connectivity index (χ3n) is 3.94. The fourth-order valence-corrected chi connectivity index (χ4v) is 2.89. The Labute approximate surface area is 121 Å². The van der Waals surface area contributed by atoms with Crippen molar-refractivity contribution in [2.75, 3.05) is 0 Å². The van der Waals surface area contributed by atoms with Crippen LogP contribution in [0.1, 0.15) is 44.5 Å². The van der Waals surface area contributed by atoms with E-state index in [1.807, 2.05) is 12.1 Å². The topological polar surface area (TPSA) is 48.6 Å². The Kier molecular flexibility index (Phi) is 3.90. The molecule has 0 bridgehead atoms. The van der Waals surface area contributed by atoms with E-state index in [1.54, 1.807) is 0 Å². The Bertz CT molecular complexity index is 621. The number of fused-ring (bicyclic) bond motifs is 1. The summed E-state index contributed by atoms with van der Waals surface area (Å²) in [5.74, 6) is 0.609.